The first-order valence-electron chi connectivity index (χ1n) is 6.92. The molecule has 1 saturated heterocycles. The van der Waals surface area contributed by atoms with Crippen LogP contribution in [0.5, 0.6) is 0 Å². The van der Waals surface area contributed by atoms with Crippen LogP contribution in [0.3, 0.4) is 0 Å². The predicted octanol–water partition coefficient (Wildman–Crippen LogP) is -0.227. The second-order valence-corrected chi connectivity index (χ2v) is 5.08. The molecular formula is C13H25N3O3. The normalized spacial score (nSPS) is 19.5. The van der Waals surface area contributed by atoms with Crippen LogP contribution in [0, 0.1) is 5.41 Å². The fourth-order valence-electron chi connectivity index (χ4n) is 2.10. The van der Waals surface area contributed by atoms with Gasteiger partial charge in [-0.25, -0.2) is 0 Å². The molecule has 0 aromatic heterocycles. The van der Waals surface area contributed by atoms with Gasteiger partial charge in [0.25, 0.3) is 0 Å². The minimum atomic E-state index is -0.586. The van der Waals surface area contributed by atoms with Crippen molar-refractivity contribution in [3.63, 3.8) is 0 Å². The molecule has 19 heavy (non-hydrogen) atoms. The highest BCUT2D eigenvalue weighted by Crippen LogP contribution is 2.29. The zero-order chi connectivity index (χ0) is 14.3. The minimum absolute atomic E-state index is 0.141. The molecule has 1 rings (SSSR count). The highest BCUT2D eigenvalue weighted by molar-refractivity contribution is 5.90. The smallest absolute Gasteiger partial charge is 0.242 e. The number of amides is 2. The Morgan fingerprint density at radius 1 is 1.37 bits per heavy atom. The molecule has 2 amide bonds. The van der Waals surface area contributed by atoms with Crippen molar-refractivity contribution in [1.82, 2.24) is 10.6 Å². The summed E-state index contributed by atoms with van der Waals surface area (Å²) in [6.45, 7) is 5.66. The fraction of sp³-hybridized carbons (Fsp3) is 0.846. The van der Waals surface area contributed by atoms with Crippen LogP contribution in [0.2, 0.25) is 0 Å². The van der Waals surface area contributed by atoms with Crippen LogP contribution in [0.25, 0.3) is 0 Å². The van der Waals surface area contributed by atoms with Crippen molar-refractivity contribution in [1.29, 1.82) is 0 Å². The molecule has 0 aliphatic carbocycles. The Kier molecular flexibility index (Phi) is 6.24. The summed E-state index contributed by atoms with van der Waals surface area (Å²) in [5, 5.41) is 5.52. The van der Waals surface area contributed by atoms with E-state index in [2.05, 4.69) is 10.6 Å². The molecule has 1 fully saturated rings. The molecule has 0 radical (unpaired) electrons. The van der Waals surface area contributed by atoms with Crippen molar-refractivity contribution in [2.75, 3.05) is 26.3 Å². The van der Waals surface area contributed by atoms with Gasteiger partial charge in [-0.05, 0) is 26.2 Å². The van der Waals surface area contributed by atoms with E-state index in [0.717, 1.165) is 6.42 Å². The number of nitrogens with two attached hydrogens (primary N) is 1. The van der Waals surface area contributed by atoms with Crippen molar-refractivity contribution in [2.45, 2.75) is 39.2 Å². The van der Waals surface area contributed by atoms with Gasteiger partial charge in [-0.3, -0.25) is 9.59 Å². The number of ether oxygens (including phenoxy) is 1. The molecule has 0 saturated carbocycles. The van der Waals surface area contributed by atoms with Crippen molar-refractivity contribution >= 4 is 11.8 Å². The maximum absolute atomic E-state index is 12.3. The van der Waals surface area contributed by atoms with E-state index in [1.165, 1.54) is 0 Å². The SMILES string of the molecule is CCCNC(=O)C(C)NC(=O)C1(CN)CCOCC1. The van der Waals surface area contributed by atoms with E-state index in [-0.39, 0.29) is 18.4 Å². The Balaban J connectivity index is 2.54. The van der Waals surface area contributed by atoms with Crippen LogP contribution in [0.1, 0.15) is 33.1 Å². The minimum Gasteiger partial charge on any atom is -0.381 e. The van der Waals surface area contributed by atoms with Crippen LogP contribution in [-0.4, -0.2) is 44.2 Å². The molecular weight excluding hydrogens is 246 g/mol. The van der Waals surface area contributed by atoms with E-state index >= 15 is 0 Å². The van der Waals surface area contributed by atoms with Gasteiger partial charge in [0.05, 0.1) is 5.41 Å². The number of nitrogens with one attached hydrogen (secondary N) is 2. The predicted molar refractivity (Wildman–Crippen MR) is 72.4 cm³/mol. The van der Waals surface area contributed by atoms with Gasteiger partial charge in [0.2, 0.25) is 11.8 Å². The summed E-state index contributed by atoms with van der Waals surface area (Å²) < 4.78 is 5.27. The largest absolute Gasteiger partial charge is 0.381 e. The van der Waals surface area contributed by atoms with E-state index in [4.69, 9.17) is 10.5 Å². The van der Waals surface area contributed by atoms with E-state index in [9.17, 15) is 9.59 Å². The first kappa shape index (κ1) is 15.9. The van der Waals surface area contributed by atoms with Gasteiger partial charge in [-0.1, -0.05) is 6.92 Å². The Bertz CT molecular complexity index is 314. The van der Waals surface area contributed by atoms with Gasteiger partial charge < -0.3 is 21.1 Å². The topological polar surface area (TPSA) is 93.5 Å². The average molecular weight is 271 g/mol. The van der Waals surface area contributed by atoms with E-state index < -0.39 is 11.5 Å². The third-order valence-electron chi connectivity index (χ3n) is 3.61. The molecule has 0 aromatic carbocycles. The molecule has 4 N–H and O–H groups in total. The molecule has 110 valence electrons. The van der Waals surface area contributed by atoms with Gasteiger partial charge in [-0.15, -0.1) is 0 Å². The first-order valence-corrected chi connectivity index (χ1v) is 6.92. The molecule has 1 heterocycles. The van der Waals surface area contributed by atoms with Crippen molar-refractivity contribution in [3.8, 4) is 0 Å². The highest BCUT2D eigenvalue weighted by Gasteiger charge is 2.39. The standard InChI is InChI=1S/C13H25N3O3/c1-3-6-15-11(17)10(2)16-12(18)13(9-14)4-7-19-8-5-13/h10H,3-9,14H2,1-2H3,(H,15,17)(H,16,18). The lowest BCUT2D eigenvalue weighted by molar-refractivity contribution is -0.139. The quantitative estimate of drug-likeness (QED) is 0.622. The van der Waals surface area contributed by atoms with E-state index in [0.29, 0.717) is 32.6 Å². The monoisotopic (exact) mass is 271 g/mol. The Labute approximate surface area is 114 Å². The van der Waals surface area contributed by atoms with Gasteiger partial charge in [0.1, 0.15) is 6.04 Å². The second-order valence-electron chi connectivity index (χ2n) is 5.08. The zero-order valence-corrected chi connectivity index (χ0v) is 11.8. The summed E-state index contributed by atoms with van der Waals surface area (Å²) in [5.74, 6) is -0.299. The number of hydrogen-bond donors (Lipinski definition) is 3. The van der Waals surface area contributed by atoms with Crippen molar-refractivity contribution in [3.05, 3.63) is 0 Å². The Morgan fingerprint density at radius 3 is 2.53 bits per heavy atom. The van der Waals surface area contributed by atoms with Crippen molar-refractivity contribution in [2.24, 2.45) is 11.1 Å². The molecule has 1 aliphatic heterocycles. The van der Waals surface area contributed by atoms with Crippen LogP contribution in [-0.2, 0) is 14.3 Å². The lowest BCUT2D eigenvalue weighted by Gasteiger charge is -2.35. The Hall–Kier alpha value is -1.14. The lowest BCUT2D eigenvalue weighted by Crippen LogP contribution is -2.54. The third kappa shape index (κ3) is 4.18. The first-order chi connectivity index (χ1) is 9.05. The molecule has 0 spiro atoms. The van der Waals surface area contributed by atoms with Crippen LogP contribution >= 0.6 is 0 Å². The van der Waals surface area contributed by atoms with Crippen LogP contribution in [0.15, 0.2) is 0 Å². The fourth-order valence-corrected chi connectivity index (χ4v) is 2.10. The molecule has 0 aromatic rings. The van der Waals surface area contributed by atoms with Crippen molar-refractivity contribution < 1.29 is 14.3 Å². The Morgan fingerprint density at radius 2 is 2.00 bits per heavy atom. The molecule has 1 unspecified atom stereocenters. The summed E-state index contributed by atoms with van der Waals surface area (Å²) in [6, 6.07) is -0.537. The van der Waals surface area contributed by atoms with Crippen LogP contribution in [0.4, 0.5) is 0 Å². The summed E-state index contributed by atoms with van der Waals surface area (Å²) in [4.78, 5) is 24.0. The maximum Gasteiger partial charge on any atom is 0.242 e. The number of carbonyl (C=O) groups is 2. The lowest BCUT2D eigenvalue weighted by atomic mass is 9.79. The highest BCUT2D eigenvalue weighted by atomic mass is 16.5. The number of rotatable bonds is 6. The molecule has 0 bridgehead atoms. The van der Waals surface area contributed by atoms with Gasteiger partial charge in [0.15, 0.2) is 0 Å². The average Bonchev–Trinajstić information content (AvgIpc) is 2.45. The zero-order valence-electron chi connectivity index (χ0n) is 11.8. The van der Waals surface area contributed by atoms with Gasteiger partial charge in [-0.2, -0.15) is 0 Å². The van der Waals surface area contributed by atoms with E-state index in [1.54, 1.807) is 6.92 Å². The molecule has 6 nitrogen and oxygen atoms in total. The third-order valence-corrected chi connectivity index (χ3v) is 3.61. The van der Waals surface area contributed by atoms with Crippen LogP contribution < -0.4 is 16.4 Å². The van der Waals surface area contributed by atoms with Gasteiger partial charge >= 0.3 is 0 Å². The second kappa shape index (κ2) is 7.45. The summed E-state index contributed by atoms with van der Waals surface area (Å²) >= 11 is 0. The summed E-state index contributed by atoms with van der Waals surface area (Å²) in [5.41, 5.74) is 5.17. The molecule has 1 atom stereocenters. The number of carbonyl (C=O) groups excluding carboxylic acids is 2. The summed E-state index contributed by atoms with van der Waals surface area (Å²) in [6.07, 6.45) is 2.09. The number of hydrogen-bond acceptors (Lipinski definition) is 4. The molecule has 6 heteroatoms. The summed E-state index contributed by atoms with van der Waals surface area (Å²) in [7, 11) is 0. The van der Waals surface area contributed by atoms with E-state index in [1.807, 2.05) is 6.92 Å². The molecule has 1 aliphatic rings. The maximum atomic E-state index is 12.3. The van der Waals surface area contributed by atoms with Gasteiger partial charge in [0, 0.05) is 26.3 Å².